The molecule has 0 unspecified atom stereocenters. The van der Waals surface area contributed by atoms with Crippen LogP contribution >= 0.6 is 11.3 Å². The minimum absolute atomic E-state index is 0.0174. The Kier molecular flexibility index (Phi) is 11.1. The Balaban J connectivity index is 2.02. The number of nitrogens with zero attached hydrogens (tertiary/aromatic N) is 1. The number of nitrogens with one attached hydrogen (secondary N) is 1. The van der Waals surface area contributed by atoms with Crippen molar-refractivity contribution < 1.29 is 36.6 Å². The van der Waals surface area contributed by atoms with Crippen molar-refractivity contribution in [2.75, 3.05) is 20.1 Å². The van der Waals surface area contributed by atoms with Crippen LogP contribution in [-0.2, 0) is 33.8 Å². The number of hydrogen-bond donors (Lipinski definition) is 3. The predicted octanol–water partition coefficient (Wildman–Crippen LogP) is 4.55. The van der Waals surface area contributed by atoms with Gasteiger partial charge in [0.2, 0.25) is 10.0 Å². The summed E-state index contributed by atoms with van der Waals surface area (Å²) < 4.78 is 67.3. The largest absolute Gasteiger partial charge is 0.481 e. The smallest absolute Gasteiger partial charge is 0.416 e. The molecule has 2 rings (SSSR count). The van der Waals surface area contributed by atoms with Crippen LogP contribution in [0.25, 0.3) is 0 Å². The fourth-order valence-electron chi connectivity index (χ4n) is 3.85. The second-order valence-corrected chi connectivity index (χ2v) is 12.6. The van der Waals surface area contributed by atoms with Gasteiger partial charge in [-0.15, -0.1) is 0 Å². The number of aliphatic hydroxyl groups is 1. The first-order chi connectivity index (χ1) is 17.1. The Morgan fingerprint density at radius 2 is 1.81 bits per heavy atom. The van der Waals surface area contributed by atoms with E-state index in [1.54, 1.807) is 11.3 Å². The molecule has 1 heterocycles. The Morgan fingerprint density at radius 3 is 2.41 bits per heavy atom. The van der Waals surface area contributed by atoms with Crippen LogP contribution in [0.4, 0.5) is 13.2 Å². The number of likely N-dealkylation sites (N-methyl/N-ethyl adjacent to an activating group) is 1. The average molecular weight is 565 g/mol. The molecule has 3 N–H and O–H groups in total. The van der Waals surface area contributed by atoms with Crippen LogP contribution in [0, 0.1) is 0 Å². The highest BCUT2D eigenvalue weighted by atomic mass is 32.2. The summed E-state index contributed by atoms with van der Waals surface area (Å²) in [5.41, 5.74) is -0.0825. The molecule has 208 valence electrons. The molecule has 0 saturated carbocycles. The zero-order chi connectivity index (χ0) is 27.9. The normalized spacial score (nSPS) is 13.7. The average Bonchev–Trinajstić information content (AvgIpc) is 3.30. The first-order valence-corrected chi connectivity index (χ1v) is 14.3. The second-order valence-electron chi connectivity index (χ2n) is 9.80. The maximum absolute atomic E-state index is 13.4. The monoisotopic (exact) mass is 564 g/mol. The molecule has 37 heavy (non-hydrogen) atoms. The summed E-state index contributed by atoms with van der Waals surface area (Å²) in [6.45, 7) is 3.77. The fraction of sp³-hybridized carbons (Fsp3) is 0.560. The molecule has 0 saturated heterocycles. The number of sulfonamides is 1. The summed E-state index contributed by atoms with van der Waals surface area (Å²) in [4.78, 5) is 10.2. The molecule has 0 amide bonds. The number of alkyl halides is 3. The number of rotatable bonds is 15. The van der Waals surface area contributed by atoms with Crippen molar-refractivity contribution in [3.05, 3.63) is 51.7 Å². The summed E-state index contributed by atoms with van der Waals surface area (Å²) in [5.74, 6) is -1.09. The molecule has 0 aliphatic carbocycles. The summed E-state index contributed by atoms with van der Waals surface area (Å²) in [5, 5.41) is 26.6. The van der Waals surface area contributed by atoms with Gasteiger partial charge in [-0.1, -0.05) is 0 Å². The van der Waals surface area contributed by atoms with E-state index in [1.807, 2.05) is 19.2 Å². The van der Waals surface area contributed by atoms with Gasteiger partial charge in [-0.25, -0.2) is 8.42 Å². The van der Waals surface area contributed by atoms with Gasteiger partial charge in [0, 0.05) is 32.1 Å². The highest BCUT2D eigenvalue weighted by Crippen LogP contribution is 2.33. The molecule has 0 fully saturated rings. The van der Waals surface area contributed by atoms with E-state index >= 15 is 0 Å². The van der Waals surface area contributed by atoms with Gasteiger partial charge < -0.3 is 15.5 Å². The van der Waals surface area contributed by atoms with E-state index in [-0.39, 0.29) is 43.5 Å². The molecule has 0 aliphatic rings. The quantitative estimate of drug-likeness (QED) is 0.293. The summed E-state index contributed by atoms with van der Waals surface area (Å²) >= 11 is 1.65. The Labute approximate surface area is 220 Å². The highest BCUT2D eigenvalue weighted by Gasteiger charge is 2.34. The number of halogens is 3. The van der Waals surface area contributed by atoms with Crippen molar-refractivity contribution in [3.63, 3.8) is 0 Å². The number of β-amino-alcohol motifs (C(OH)–C–C–N with tert-alkyl or cyclic N) is 1. The van der Waals surface area contributed by atoms with Gasteiger partial charge in [0.05, 0.1) is 16.6 Å². The topological polar surface area (TPSA) is 107 Å². The van der Waals surface area contributed by atoms with Crippen molar-refractivity contribution in [1.29, 1.82) is 0 Å². The van der Waals surface area contributed by atoms with Crippen LogP contribution in [0.15, 0.2) is 39.9 Å². The second kappa shape index (κ2) is 13.2. The number of benzene rings is 1. The van der Waals surface area contributed by atoms with E-state index in [4.69, 9.17) is 5.11 Å². The third-order valence-corrected chi connectivity index (χ3v) is 8.52. The molecule has 12 heteroatoms. The number of carbonyl (C=O) groups is 1. The van der Waals surface area contributed by atoms with Crippen molar-refractivity contribution in [2.45, 2.75) is 75.1 Å². The van der Waals surface area contributed by atoms with Crippen molar-refractivity contribution >= 4 is 27.3 Å². The number of carboxylic acid groups (broad SMARTS) is 1. The Hall–Kier alpha value is -1.99. The Morgan fingerprint density at radius 1 is 1.14 bits per heavy atom. The zero-order valence-corrected chi connectivity index (χ0v) is 22.8. The molecule has 0 spiro atoms. The van der Waals surface area contributed by atoms with Gasteiger partial charge >= 0.3 is 12.1 Å². The first-order valence-electron chi connectivity index (χ1n) is 11.9. The van der Waals surface area contributed by atoms with Gasteiger partial charge in [-0.05, 0) is 92.1 Å². The maximum Gasteiger partial charge on any atom is 0.416 e. The standard InChI is InChI=1S/C25H35F3N2O5S2/c1-24(2,10-5-7-18-9-11-36-17-18)29-15-21(31)16-30(3)37(34,35)22-13-19(6-4-8-23(32)33)12-20(14-22)25(26,27)28/h9,11-14,17,21,29,31H,4-8,10,15-16H2,1-3H3,(H,32,33)/t21-/m1/s1. The van der Waals surface area contributed by atoms with Crippen molar-refractivity contribution in [2.24, 2.45) is 0 Å². The number of hydrogen-bond acceptors (Lipinski definition) is 6. The van der Waals surface area contributed by atoms with Crippen LogP contribution in [0.1, 0.15) is 56.2 Å². The van der Waals surface area contributed by atoms with Crippen LogP contribution in [0.5, 0.6) is 0 Å². The lowest BCUT2D eigenvalue weighted by molar-refractivity contribution is -0.138. The summed E-state index contributed by atoms with van der Waals surface area (Å²) in [6, 6.07) is 4.60. The SMILES string of the molecule is CN(C[C@H](O)CNC(C)(C)CCCc1ccsc1)S(=O)(=O)c1cc(CCCC(=O)O)cc(C(F)(F)F)c1. The molecular formula is C25H35F3N2O5S2. The van der Waals surface area contributed by atoms with Gasteiger partial charge in [-0.2, -0.15) is 28.8 Å². The lowest BCUT2D eigenvalue weighted by atomic mass is 9.96. The van der Waals surface area contributed by atoms with Gasteiger partial charge in [-0.3, -0.25) is 4.79 Å². The first kappa shape index (κ1) is 31.2. The molecule has 0 radical (unpaired) electrons. The molecular weight excluding hydrogens is 529 g/mol. The Bertz CT molecular complexity index is 1120. The van der Waals surface area contributed by atoms with Crippen LogP contribution in [0.2, 0.25) is 0 Å². The molecule has 1 atom stereocenters. The van der Waals surface area contributed by atoms with Crippen LogP contribution < -0.4 is 5.32 Å². The van der Waals surface area contributed by atoms with Crippen molar-refractivity contribution in [1.82, 2.24) is 9.62 Å². The van der Waals surface area contributed by atoms with E-state index in [9.17, 15) is 31.5 Å². The van der Waals surface area contributed by atoms with Gasteiger partial charge in [0.1, 0.15) is 0 Å². The minimum Gasteiger partial charge on any atom is -0.481 e. The summed E-state index contributed by atoms with van der Waals surface area (Å²) in [7, 11) is -3.14. The molecule has 2 aromatic rings. The van der Waals surface area contributed by atoms with E-state index < -0.39 is 38.7 Å². The number of aliphatic hydroxyl groups excluding tert-OH is 1. The van der Waals surface area contributed by atoms with E-state index in [0.717, 1.165) is 35.7 Å². The van der Waals surface area contributed by atoms with Crippen molar-refractivity contribution in [3.8, 4) is 0 Å². The lowest BCUT2D eigenvalue weighted by Crippen LogP contribution is -2.46. The highest BCUT2D eigenvalue weighted by molar-refractivity contribution is 7.89. The number of aryl methyl sites for hydroxylation is 2. The van der Waals surface area contributed by atoms with E-state index in [2.05, 4.69) is 16.8 Å². The minimum atomic E-state index is -4.77. The molecule has 0 aliphatic heterocycles. The third kappa shape index (κ3) is 10.4. The van der Waals surface area contributed by atoms with Gasteiger partial charge in [0.25, 0.3) is 0 Å². The molecule has 7 nitrogen and oxygen atoms in total. The van der Waals surface area contributed by atoms with E-state index in [1.165, 1.54) is 12.6 Å². The molecule has 1 aromatic carbocycles. The van der Waals surface area contributed by atoms with Gasteiger partial charge in [0.15, 0.2) is 0 Å². The number of thiophene rings is 1. The lowest BCUT2D eigenvalue weighted by Gasteiger charge is -2.29. The number of carboxylic acids is 1. The molecule has 0 bridgehead atoms. The molecule has 1 aromatic heterocycles. The van der Waals surface area contributed by atoms with E-state index in [0.29, 0.717) is 6.07 Å². The van der Waals surface area contributed by atoms with Crippen LogP contribution in [0.3, 0.4) is 0 Å². The predicted molar refractivity (Wildman–Crippen MR) is 137 cm³/mol. The zero-order valence-electron chi connectivity index (χ0n) is 21.2. The third-order valence-electron chi connectivity index (χ3n) is 5.99. The number of aliphatic carboxylic acids is 1. The summed E-state index contributed by atoms with van der Waals surface area (Å²) in [6.07, 6.45) is -3.35. The fourth-order valence-corrected chi connectivity index (χ4v) is 5.86. The maximum atomic E-state index is 13.4. The van der Waals surface area contributed by atoms with Crippen LogP contribution in [-0.4, -0.2) is 60.7 Å².